The Bertz CT molecular complexity index is 287. The molecule has 0 radical (unpaired) electrons. The van der Waals surface area contributed by atoms with Gasteiger partial charge >= 0.3 is 0 Å². The third kappa shape index (κ3) is 3.42. The van der Waals surface area contributed by atoms with Gasteiger partial charge in [0.05, 0.1) is 0 Å². The summed E-state index contributed by atoms with van der Waals surface area (Å²) in [5.41, 5.74) is 0. The monoisotopic (exact) mass is 213 g/mol. The fraction of sp³-hybridized carbons (Fsp3) is 0.800. The number of hydrogen-bond acceptors (Lipinski definition) is 4. The van der Waals surface area contributed by atoms with E-state index in [1.165, 1.54) is 6.92 Å². The largest absolute Gasteiger partial charge is 0.300 e. The number of carbonyl (C=O) groups excluding carboxylic acids is 2. The first kappa shape index (κ1) is 11.8. The van der Waals surface area contributed by atoms with Gasteiger partial charge in [0.15, 0.2) is 0 Å². The minimum absolute atomic E-state index is 0.0360. The third-order valence-corrected chi connectivity index (χ3v) is 2.89. The van der Waals surface area contributed by atoms with Gasteiger partial charge in [-0.25, -0.2) is 0 Å². The Hall–Kier alpha value is -1.26. The van der Waals surface area contributed by atoms with Crippen LogP contribution in [0.15, 0.2) is 0 Å². The summed E-state index contributed by atoms with van der Waals surface area (Å²) >= 11 is 0. The van der Waals surface area contributed by atoms with Crippen molar-refractivity contribution in [1.82, 2.24) is 0 Å². The fourth-order valence-electron chi connectivity index (χ4n) is 2.04. The van der Waals surface area contributed by atoms with Gasteiger partial charge in [-0.05, 0) is 13.3 Å². The molecule has 0 bridgehead atoms. The lowest BCUT2D eigenvalue weighted by Crippen LogP contribution is -2.28. The Kier molecular flexibility index (Phi) is 3.94. The van der Waals surface area contributed by atoms with Crippen LogP contribution in [0, 0.1) is 16.0 Å². The number of rotatable bonds is 5. The first-order valence-corrected chi connectivity index (χ1v) is 5.15. The second-order valence-corrected chi connectivity index (χ2v) is 4.13. The molecule has 1 aliphatic carbocycles. The quantitative estimate of drug-likeness (QED) is 0.510. The Balaban J connectivity index is 2.54. The lowest BCUT2D eigenvalue weighted by molar-refractivity contribution is -0.532. The zero-order valence-electron chi connectivity index (χ0n) is 8.77. The fourth-order valence-corrected chi connectivity index (χ4v) is 2.04. The second kappa shape index (κ2) is 5.00. The molecule has 0 spiro atoms. The molecule has 2 unspecified atom stereocenters. The van der Waals surface area contributed by atoms with Crippen molar-refractivity contribution in [2.24, 2.45) is 5.92 Å². The van der Waals surface area contributed by atoms with Crippen LogP contribution in [0.25, 0.3) is 0 Å². The molecule has 84 valence electrons. The number of nitro groups is 1. The zero-order chi connectivity index (χ0) is 11.4. The zero-order valence-corrected chi connectivity index (χ0v) is 8.77. The van der Waals surface area contributed by atoms with E-state index in [1.54, 1.807) is 0 Å². The van der Waals surface area contributed by atoms with Crippen LogP contribution in [-0.4, -0.2) is 22.5 Å². The average molecular weight is 213 g/mol. The van der Waals surface area contributed by atoms with Crippen LogP contribution < -0.4 is 0 Å². The predicted molar refractivity (Wildman–Crippen MR) is 53.0 cm³/mol. The summed E-state index contributed by atoms with van der Waals surface area (Å²) in [4.78, 5) is 32.2. The molecule has 0 aromatic heterocycles. The van der Waals surface area contributed by atoms with Crippen LogP contribution in [0.2, 0.25) is 0 Å². The Labute approximate surface area is 88.0 Å². The highest BCUT2D eigenvalue weighted by Gasteiger charge is 2.36. The lowest BCUT2D eigenvalue weighted by Gasteiger charge is -2.14. The topological polar surface area (TPSA) is 77.3 Å². The summed E-state index contributed by atoms with van der Waals surface area (Å²) in [5, 5.41) is 10.8. The van der Waals surface area contributed by atoms with E-state index >= 15 is 0 Å². The molecule has 5 nitrogen and oxygen atoms in total. The highest BCUT2D eigenvalue weighted by molar-refractivity contribution is 5.80. The number of ketones is 2. The smallest absolute Gasteiger partial charge is 0.216 e. The molecular formula is C10H15NO4. The highest BCUT2D eigenvalue weighted by Crippen LogP contribution is 2.28. The number of carbonyl (C=O) groups is 2. The first-order chi connectivity index (χ1) is 7.00. The Morgan fingerprint density at radius 3 is 2.73 bits per heavy atom. The summed E-state index contributed by atoms with van der Waals surface area (Å²) in [6, 6.07) is -0.722. The molecule has 0 heterocycles. The molecule has 1 saturated carbocycles. The van der Waals surface area contributed by atoms with Gasteiger partial charge in [-0.2, -0.15) is 0 Å². The van der Waals surface area contributed by atoms with Crippen LogP contribution in [0.1, 0.15) is 39.0 Å². The van der Waals surface area contributed by atoms with Gasteiger partial charge in [-0.1, -0.05) is 0 Å². The van der Waals surface area contributed by atoms with Crippen LogP contribution in [0.4, 0.5) is 0 Å². The molecule has 1 rings (SSSR count). The lowest BCUT2D eigenvalue weighted by atomic mass is 9.94. The minimum atomic E-state index is -0.722. The molecule has 15 heavy (non-hydrogen) atoms. The summed E-state index contributed by atoms with van der Waals surface area (Å²) in [7, 11) is 0. The van der Waals surface area contributed by atoms with Crippen molar-refractivity contribution in [1.29, 1.82) is 0 Å². The van der Waals surface area contributed by atoms with E-state index in [0.717, 1.165) is 0 Å². The molecule has 0 aromatic rings. The molecule has 0 amide bonds. The molecular weight excluding hydrogens is 198 g/mol. The van der Waals surface area contributed by atoms with E-state index in [-0.39, 0.29) is 35.2 Å². The van der Waals surface area contributed by atoms with Gasteiger partial charge in [0.25, 0.3) is 0 Å². The van der Waals surface area contributed by atoms with Crippen molar-refractivity contribution in [3.8, 4) is 0 Å². The van der Waals surface area contributed by atoms with Crippen molar-refractivity contribution < 1.29 is 14.5 Å². The van der Waals surface area contributed by atoms with Gasteiger partial charge in [0.1, 0.15) is 11.6 Å². The van der Waals surface area contributed by atoms with E-state index in [2.05, 4.69) is 0 Å². The molecule has 0 aromatic carbocycles. The van der Waals surface area contributed by atoms with Gasteiger partial charge in [0.2, 0.25) is 6.04 Å². The maximum Gasteiger partial charge on any atom is 0.216 e. The van der Waals surface area contributed by atoms with Gasteiger partial charge in [-0.15, -0.1) is 0 Å². The van der Waals surface area contributed by atoms with Gasteiger partial charge in [-0.3, -0.25) is 14.9 Å². The number of nitrogens with zero attached hydrogens (tertiary/aromatic N) is 1. The van der Waals surface area contributed by atoms with Crippen LogP contribution in [0.5, 0.6) is 0 Å². The normalized spacial score (nSPS) is 22.7. The van der Waals surface area contributed by atoms with Crippen molar-refractivity contribution in [3.63, 3.8) is 0 Å². The van der Waals surface area contributed by atoms with Crippen LogP contribution in [0.3, 0.4) is 0 Å². The van der Waals surface area contributed by atoms with Crippen molar-refractivity contribution in [2.45, 2.75) is 45.1 Å². The molecule has 1 fully saturated rings. The minimum Gasteiger partial charge on any atom is -0.300 e. The van der Waals surface area contributed by atoms with E-state index in [0.29, 0.717) is 19.3 Å². The SMILES string of the molecule is CC(=O)CCC(C1CCC(=O)C1)[N+](=O)[O-]. The molecule has 0 N–H and O–H groups in total. The highest BCUT2D eigenvalue weighted by atomic mass is 16.6. The second-order valence-electron chi connectivity index (χ2n) is 4.13. The van der Waals surface area contributed by atoms with Crippen molar-refractivity contribution >= 4 is 11.6 Å². The summed E-state index contributed by atoms with van der Waals surface area (Å²) in [6.45, 7) is 1.43. The van der Waals surface area contributed by atoms with E-state index in [4.69, 9.17) is 0 Å². The number of Topliss-reactive ketones (excluding diaryl/α,β-unsaturated/α-hetero) is 2. The van der Waals surface area contributed by atoms with E-state index in [1.807, 2.05) is 0 Å². The number of hydrogen-bond donors (Lipinski definition) is 0. The first-order valence-electron chi connectivity index (χ1n) is 5.15. The molecule has 2 atom stereocenters. The molecule has 5 heteroatoms. The van der Waals surface area contributed by atoms with Crippen LogP contribution in [-0.2, 0) is 9.59 Å². The Morgan fingerprint density at radius 2 is 2.33 bits per heavy atom. The predicted octanol–water partition coefficient (Wildman–Crippen LogP) is 1.37. The van der Waals surface area contributed by atoms with E-state index < -0.39 is 6.04 Å². The molecule has 0 aliphatic heterocycles. The maximum absolute atomic E-state index is 11.0. The van der Waals surface area contributed by atoms with Crippen LogP contribution >= 0.6 is 0 Å². The van der Waals surface area contributed by atoms with Crippen molar-refractivity contribution in [3.05, 3.63) is 10.1 Å². The summed E-state index contributed by atoms with van der Waals surface area (Å²) in [5.74, 6) is -0.0901. The van der Waals surface area contributed by atoms with Gasteiger partial charge in [0, 0.05) is 36.5 Å². The summed E-state index contributed by atoms with van der Waals surface area (Å²) in [6.07, 6.45) is 1.86. The summed E-state index contributed by atoms with van der Waals surface area (Å²) < 4.78 is 0. The van der Waals surface area contributed by atoms with E-state index in [9.17, 15) is 19.7 Å². The molecule has 0 saturated heterocycles. The van der Waals surface area contributed by atoms with Crippen molar-refractivity contribution in [2.75, 3.05) is 0 Å². The van der Waals surface area contributed by atoms with Gasteiger partial charge < -0.3 is 4.79 Å². The standard InChI is InChI=1S/C10H15NO4/c1-7(12)2-5-10(11(14)15)8-3-4-9(13)6-8/h8,10H,2-6H2,1H3. The Morgan fingerprint density at radius 1 is 1.67 bits per heavy atom. The molecule has 1 aliphatic rings. The maximum atomic E-state index is 11.0. The third-order valence-electron chi connectivity index (χ3n) is 2.89. The average Bonchev–Trinajstić information content (AvgIpc) is 2.51.